The number of nitrogens with zero attached hydrogens (tertiary/aromatic N) is 2. The van der Waals surface area contributed by atoms with Crippen LogP contribution in [0.3, 0.4) is 0 Å². The summed E-state index contributed by atoms with van der Waals surface area (Å²) >= 11 is 0. The summed E-state index contributed by atoms with van der Waals surface area (Å²) in [6, 6.07) is 3.00. The van der Waals surface area contributed by atoms with Gasteiger partial charge in [0.15, 0.2) is 0 Å². The number of carbonyl (C=O) groups is 1. The van der Waals surface area contributed by atoms with E-state index < -0.39 is 15.9 Å². The molecule has 0 radical (unpaired) electrons. The highest BCUT2D eigenvalue weighted by Gasteiger charge is 2.17. The predicted molar refractivity (Wildman–Crippen MR) is 86.6 cm³/mol. The van der Waals surface area contributed by atoms with Crippen LogP contribution in [0.2, 0.25) is 0 Å². The summed E-state index contributed by atoms with van der Waals surface area (Å²) in [5.41, 5.74) is 5.47. The Bertz CT molecular complexity index is 607. The third-order valence-electron chi connectivity index (χ3n) is 2.92. The molecule has 1 rings (SSSR count). The van der Waals surface area contributed by atoms with E-state index >= 15 is 0 Å². The molecule has 0 spiro atoms. The van der Waals surface area contributed by atoms with Gasteiger partial charge in [-0.1, -0.05) is 6.92 Å². The number of rotatable bonds is 6. The van der Waals surface area contributed by atoms with Gasteiger partial charge in [-0.25, -0.2) is 13.4 Å². The number of hydrogen-bond donors (Lipinski definition) is 2. The predicted octanol–water partition coefficient (Wildman–Crippen LogP) is 1.21. The third kappa shape index (κ3) is 5.39. The van der Waals surface area contributed by atoms with Gasteiger partial charge in [0.25, 0.3) is 0 Å². The molecule has 3 N–H and O–H groups in total. The smallest absolute Gasteiger partial charge is 0.248 e. The van der Waals surface area contributed by atoms with Crippen molar-refractivity contribution in [3.05, 3.63) is 17.7 Å². The second-order valence-electron chi connectivity index (χ2n) is 4.65. The summed E-state index contributed by atoms with van der Waals surface area (Å²) in [6.07, 6.45) is 1.92. The molecular weight excluding hydrogens is 316 g/mol. The number of aromatic nitrogens is 1. The van der Waals surface area contributed by atoms with Gasteiger partial charge in [-0.3, -0.25) is 9.10 Å². The van der Waals surface area contributed by atoms with Crippen LogP contribution in [0.25, 0.3) is 0 Å². The molecule has 0 fully saturated rings. The van der Waals surface area contributed by atoms with Crippen molar-refractivity contribution in [3.8, 4) is 0 Å². The number of sulfonamides is 1. The maximum absolute atomic E-state index is 11.6. The largest absolute Gasteiger partial charge is 0.368 e. The molecule has 1 aromatic rings. The summed E-state index contributed by atoms with van der Waals surface area (Å²) in [4.78, 5) is 15.5. The minimum Gasteiger partial charge on any atom is -0.368 e. The maximum Gasteiger partial charge on any atom is 0.248 e. The number of nitrogens with two attached hydrogens (primary N) is 1. The second kappa shape index (κ2) is 7.46. The van der Waals surface area contributed by atoms with Crippen LogP contribution in [0.1, 0.15) is 30.6 Å². The van der Waals surface area contributed by atoms with E-state index in [1.165, 1.54) is 19.2 Å². The van der Waals surface area contributed by atoms with Crippen LogP contribution < -0.4 is 15.4 Å². The Morgan fingerprint density at radius 1 is 1.48 bits per heavy atom. The first-order chi connectivity index (χ1) is 9.15. The third-order valence-corrected chi connectivity index (χ3v) is 4.11. The lowest BCUT2D eigenvalue weighted by Crippen LogP contribution is -2.27. The van der Waals surface area contributed by atoms with Crippen molar-refractivity contribution >= 4 is 40.0 Å². The number of anilines is 2. The van der Waals surface area contributed by atoms with Gasteiger partial charge in [0.1, 0.15) is 11.6 Å². The van der Waals surface area contributed by atoms with Crippen molar-refractivity contribution < 1.29 is 13.2 Å². The molecule has 0 aromatic carbocycles. The zero-order chi connectivity index (χ0) is 15.5. The van der Waals surface area contributed by atoms with E-state index in [2.05, 4.69) is 10.3 Å². The lowest BCUT2D eigenvalue weighted by molar-refractivity contribution is 0.1000. The number of nitrogens with one attached hydrogen (secondary N) is 1. The van der Waals surface area contributed by atoms with E-state index in [1.807, 2.05) is 13.8 Å². The first-order valence-electron chi connectivity index (χ1n) is 6.17. The molecule has 0 aliphatic heterocycles. The van der Waals surface area contributed by atoms with Gasteiger partial charge in [-0.2, -0.15) is 0 Å². The molecule has 1 heterocycles. The van der Waals surface area contributed by atoms with Crippen molar-refractivity contribution in [3.63, 3.8) is 0 Å². The van der Waals surface area contributed by atoms with Crippen molar-refractivity contribution in [1.82, 2.24) is 4.98 Å². The van der Waals surface area contributed by atoms with Gasteiger partial charge in [0.2, 0.25) is 15.9 Å². The fourth-order valence-electron chi connectivity index (χ4n) is 1.42. The average molecular weight is 337 g/mol. The molecule has 1 unspecified atom stereocenters. The molecule has 7 nitrogen and oxygen atoms in total. The second-order valence-corrected chi connectivity index (χ2v) is 6.66. The normalized spacial score (nSPS) is 12.2. The van der Waals surface area contributed by atoms with Crippen LogP contribution >= 0.6 is 12.4 Å². The molecule has 1 amide bonds. The van der Waals surface area contributed by atoms with Gasteiger partial charge in [-0.05, 0) is 25.5 Å². The Hall–Kier alpha value is -1.54. The quantitative estimate of drug-likeness (QED) is 0.812. The van der Waals surface area contributed by atoms with Crippen LogP contribution in [-0.2, 0) is 10.0 Å². The van der Waals surface area contributed by atoms with E-state index in [-0.39, 0.29) is 29.8 Å². The van der Waals surface area contributed by atoms with Crippen molar-refractivity contribution in [2.45, 2.75) is 26.3 Å². The minimum absolute atomic E-state index is 0. The zero-order valence-electron chi connectivity index (χ0n) is 12.5. The van der Waals surface area contributed by atoms with Crippen LogP contribution in [0, 0.1) is 0 Å². The molecule has 0 saturated carbocycles. The molecule has 21 heavy (non-hydrogen) atoms. The number of pyridine rings is 1. The molecule has 0 aliphatic rings. The van der Waals surface area contributed by atoms with Gasteiger partial charge in [0, 0.05) is 18.7 Å². The molecule has 120 valence electrons. The molecule has 0 saturated heterocycles. The summed E-state index contributed by atoms with van der Waals surface area (Å²) in [6.45, 7) is 3.96. The lowest BCUT2D eigenvalue weighted by Gasteiger charge is -2.19. The summed E-state index contributed by atoms with van der Waals surface area (Å²) in [7, 11) is -2.09. The average Bonchev–Trinajstić information content (AvgIpc) is 2.36. The Kier molecular flexibility index (Phi) is 6.92. The fourth-order valence-corrected chi connectivity index (χ4v) is 1.85. The Balaban J connectivity index is 0.00000400. The number of halogens is 1. The number of hydrogen-bond acceptors (Lipinski definition) is 5. The molecule has 1 atom stereocenters. The first-order valence-corrected chi connectivity index (χ1v) is 8.02. The van der Waals surface area contributed by atoms with Gasteiger partial charge in [0.05, 0.1) is 6.26 Å². The SMILES string of the molecule is CCC(C)Nc1cc(C(N)=O)cc(N(C)S(C)(=O)=O)n1.Cl. The van der Waals surface area contributed by atoms with Gasteiger partial charge in [-0.15, -0.1) is 12.4 Å². The van der Waals surface area contributed by atoms with E-state index in [4.69, 9.17) is 5.73 Å². The lowest BCUT2D eigenvalue weighted by atomic mass is 10.2. The fraction of sp³-hybridized carbons (Fsp3) is 0.500. The van der Waals surface area contributed by atoms with Crippen molar-refractivity contribution in [1.29, 1.82) is 0 Å². The molecule has 1 aromatic heterocycles. The Morgan fingerprint density at radius 2 is 2.05 bits per heavy atom. The monoisotopic (exact) mass is 336 g/mol. The Labute approximate surface area is 131 Å². The standard InChI is InChI=1S/C12H20N4O3S.ClH/c1-5-8(2)14-10-6-9(12(13)17)7-11(15-10)16(3)20(4,18)19;/h6-8H,5H2,1-4H3,(H2,13,17)(H,14,15);1H. The topological polar surface area (TPSA) is 105 Å². The number of primary amides is 1. The first kappa shape index (κ1) is 19.5. The number of carbonyl (C=O) groups excluding carboxylic acids is 1. The van der Waals surface area contributed by atoms with Gasteiger partial charge < -0.3 is 11.1 Å². The highest BCUT2D eigenvalue weighted by molar-refractivity contribution is 7.92. The van der Waals surface area contributed by atoms with Crippen molar-refractivity contribution in [2.24, 2.45) is 5.73 Å². The summed E-state index contributed by atoms with van der Waals surface area (Å²) in [5.74, 6) is -0.0708. The van der Waals surface area contributed by atoms with E-state index in [1.54, 1.807) is 0 Å². The minimum atomic E-state index is -3.46. The number of amides is 1. The highest BCUT2D eigenvalue weighted by atomic mass is 35.5. The van der Waals surface area contributed by atoms with Crippen LogP contribution in [0.4, 0.5) is 11.6 Å². The summed E-state index contributed by atoms with van der Waals surface area (Å²) in [5, 5.41) is 3.09. The van der Waals surface area contributed by atoms with Crippen LogP contribution in [0.5, 0.6) is 0 Å². The molecule has 0 aliphatic carbocycles. The van der Waals surface area contributed by atoms with E-state index in [0.717, 1.165) is 17.0 Å². The van der Waals surface area contributed by atoms with Crippen LogP contribution in [-0.4, -0.2) is 38.7 Å². The van der Waals surface area contributed by atoms with Crippen LogP contribution in [0.15, 0.2) is 12.1 Å². The van der Waals surface area contributed by atoms with E-state index in [9.17, 15) is 13.2 Å². The van der Waals surface area contributed by atoms with E-state index in [0.29, 0.717) is 5.82 Å². The highest BCUT2D eigenvalue weighted by Crippen LogP contribution is 2.19. The van der Waals surface area contributed by atoms with Crippen molar-refractivity contribution in [2.75, 3.05) is 22.9 Å². The maximum atomic E-state index is 11.6. The zero-order valence-corrected chi connectivity index (χ0v) is 14.1. The molecule has 0 bridgehead atoms. The summed E-state index contributed by atoms with van der Waals surface area (Å²) < 4.78 is 24.1. The Morgan fingerprint density at radius 3 is 2.48 bits per heavy atom. The molecular formula is C12H21ClN4O3S. The molecule has 9 heteroatoms. The van der Waals surface area contributed by atoms with Gasteiger partial charge >= 0.3 is 0 Å².